The molecule has 2 heteroatoms. The highest BCUT2D eigenvalue weighted by Crippen LogP contribution is 2.26. The molecule has 1 N–H and O–H groups in total. The quantitative estimate of drug-likeness (QED) is 0.641. The normalized spacial score (nSPS) is 43.2. The van der Waals surface area contributed by atoms with Gasteiger partial charge in [0, 0.05) is 12.6 Å². The lowest BCUT2D eigenvalue weighted by atomic mass is 9.87. The van der Waals surface area contributed by atoms with Gasteiger partial charge < -0.3 is 10.1 Å². The molecular weight excluding hydrogens is 150 g/mol. The van der Waals surface area contributed by atoms with Crippen molar-refractivity contribution in [2.75, 3.05) is 19.8 Å². The summed E-state index contributed by atoms with van der Waals surface area (Å²) in [5.41, 5.74) is 0. The lowest BCUT2D eigenvalue weighted by Crippen LogP contribution is -2.38. The van der Waals surface area contributed by atoms with Gasteiger partial charge in [-0.3, -0.25) is 0 Å². The van der Waals surface area contributed by atoms with Crippen LogP contribution >= 0.6 is 0 Å². The Bertz CT molecular complexity index is 143. The molecule has 0 radical (unpaired) electrons. The fourth-order valence-corrected chi connectivity index (χ4v) is 2.54. The van der Waals surface area contributed by atoms with Crippen LogP contribution in [0.5, 0.6) is 0 Å². The summed E-state index contributed by atoms with van der Waals surface area (Å²) in [5, 5.41) is 3.60. The summed E-state index contributed by atoms with van der Waals surface area (Å²) in [5.74, 6) is 1.65. The molecule has 0 bridgehead atoms. The van der Waals surface area contributed by atoms with Crippen molar-refractivity contribution in [3.63, 3.8) is 0 Å². The first-order chi connectivity index (χ1) is 5.88. The van der Waals surface area contributed by atoms with Crippen molar-refractivity contribution in [1.82, 2.24) is 5.32 Å². The molecule has 3 unspecified atom stereocenters. The third-order valence-electron chi connectivity index (χ3n) is 3.30. The molecule has 2 heterocycles. The van der Waals surface area contributed by atoms with Crippen LogP contribution in [-0.4, -0.2) is 25.8 Å². The summed E-state index contributed by atoms with van der Waals surface area (Å²) in [6.07, 6.45) is 3.97. The molecule has 2 aliphatic heterocycles. The molecule has 70 valence electrons. The zero-order valence-corrected chi connectivity index (χ0v) is 7.88. The Morgan fingerprint density at radius 3 is 2.83 bits per heavy atom. The van der Waals surface area contributed by atoms with Crippen LogP contribution in [0.2, 0.25) is 0 Å². The van der Waals surface area contributed by atoms with Crippen LogP contribution < -0.4 is 5.32 Å². The van der Waals surface area contributed by atoms with Gasteiger partial charge in [0.25, 0.3) is 0 Å². The maximum absolute atomic E-state index is 5.50. The summed E-state index contributed by atoms with van der Waals surface area (Å²) in [4.78, 5) is 0. The molecule has 0 aromatic carbocycles. The van der Waals surface area contributed by atoms with Gasteiger partial charge in [0.1, 0.15) is 0 Å². The standard InChI is InChI=1S/C10H19NO/c1-8-4-5-11-10(8)9-3-2-6-12-7-9/h8-11H,2-7H2,1H3. The topological polar surface area (TPSA) is 21.3 Å². The predicted molar refractivity (Wildman–Crippen MR) is 49.1 cm³/mol. The average molecular weight is 169 g/mol. The molecule has 2 aliphatic rings. The first-order valence-corrected chi connectivity index (χ1v) is 5.19. The van der Waals surface area contributed by atoms with E-state index in [2.05, 4.69) is 12.2 Å². The SMILES string of the molecule is CC1CCNC1C1CCCOC1. The first-order valence-electron chi connectivity index (χ1n) is 5.19. The Morgan fingerprint density at radius 2 is 2.25 bits per heavy atom. The van der Waals surface area contributed by atoms with E-state index >= 15 is 0 Å². The minimum Gasteiger partial charge on any atom is -0.381 e. The molecular formula is C10H19NO. The molecule has 0 aromatic rings. The van der Waals surface area contributed by atoms with Crippen LogP contribution in [0.15, 0.2) is 0 Å². The minimum atomic E-state index is 0.741. The number of ether oxygens (including phenoxy) is 1. The smallest absolute Gasteiger partial charge is 0.0509 e. The monoisotopic (exact) mass is 169 g/mol. The van der Waals surface area contributed by atoms with Gasteiger partial charge in [0.2, 0.25) is 0 Å². The van der Waals surface area contributed by atoms with Crippen LogP contribution in [0.4, 0.5) is 0 Å². The Morgan fingerprint density at radius 1 is 1.33 bits per heavy atom. The summed E-state index contributed by atoms with van der Waals surface area (Å²) < 4.78 is 5.50. The van der Waals surface area contributed by atoms with E-state index < -0.39 is 0 Å². The Hall–Kier alpha value is -0.0800. The Labute approximate surface area is 74.7 Å². The summed E-state index contributed by atoms with van der Waals surface area (Å²) in [7, 11) is 0. The lowest BCUT2D eigenvalue weighted by Gasteiger charge is -2.30. The van der Waals surface area contributed by atoms with Crippen LogP contribution in [0, 0.1) is 11.8 Å². The van der Waals surface area contributed by atoms with Crippen molar-refractivity contribution in [2.24, 2.45) is 11.8 Å². The molecule has 12 heavy (non-hydrogen) atoms. The van der Waals surface area contributed by atoms with Crippen LogP contribution in [0.3, 0.4) is 0 Å². The van der Waals surface area contributed by atoms with E-state index in [1.165, 1.54) is 25.8 Å². The van der Waals surface area contributed by atoms with Crippen molar-refractivity contribution in [1.29, 1.82) is 0 Å². The van der Waals surface area contributed by atoms with Gasteiger partial charge in [-0.25, -0.2) is 0 Å². The van der Waals surface area contributed by atoms with Gasteiger partial charge in [-0.2, -0.15) is 0 Å². The Kier molecular flexibility index (Phi) is 2.66. The van der Waals surface area contributed by atoms with E-state index in [1.54, 1.807) is 0 Å². The molecule has 3 atom stereocenters. The molecule has 2 saturated heterocycles. The van der Waals surface area contributed by atoms with Crippen LogP contribution in [-0.2, 0) is 4.74 Å². The molecule has 0 aliphatic carbocycles. The molecule has 2 rings (SSSR count). The third-order valence-corrected chi connectivity index (χ3v) is 3.30. The number of hydrogen-bond donors (Lipinski definition) is 1. The van der Waals surface area contributed by atoms with Gasteiger partial charge in [0.15, 0.2) is 0 Å². The molecule has 0 spiro atoms. The van der Waals surface area contributed by atoms with E-state index in [4.69, 9.17) is 4.74 Å². The zero-order valence-electron chi connectivity index (χ0n) is 7.88. The van der Waals surface area contributed by atoms with E-state index in [9.17, 15) is 0 Å². The second kappa shape index (κ2) is 3.75. The number of nitrogens with one attached hydrogen (secondary N) is 1. The highest BCUT2D eigenvalue weighted by Gasteiger charge is 2.31. The Balaban J connectivity index is 1.89. The van der Waals surface area contributed by atoms with Crippen LogP contribution in [0.1, 0.15) is 26.2 Å². The van der Waals surface area contributed by atoms with Crippen molar-refractivity contribution in [3.05, 3.63) is 0 Å². The second-order valence-corrected chi connectivity index (χ2v) is 4.22. The largest absolute Gasteiger partial charge is 0.381 e. The molecule has 2 nitrogen and oxygen atoms in total. The van der Waals surface area contributed by atoms with Gasteiger partial charge in [0.05, 0.1) is 6.61 Å². The maximum Gasteiger partial charge on any atom is 0.0509 e. The molecule has 0 amide bonds. The predicted octanol–water partition coefficient (Wildman–Crippen LogP) is 1.41. The van der Waals surface area contributed by atoms with E-state index in [0.29, 0.717) is 0 Å². The van der Waals surface area contributed by atoms with Gasteiger partial charge in [-0.1, -0.05) is 6.92 Å². The van der Waals surface area contributed by atoms with Crippen molar-refractivity contribution < 1.29 is 4.74 Å². The highest BCUT2D eigenvalue weighted by atomic mass is 16.5. The fraction of sp³-hybridized carbons (Fsp3) is 1.00. The number of hydrogen-bond acceptors (Lipinski definition) is 2. The van der Waals surface area contributed by atoms with Crippen molar-refractivity contribution in [3.8, 4) is 0 Å². The zero-order chi connectivity index (χ0) is 8.39. The average Bonchev–Trinajstić information content (AvgIpc) is 2.53. The molecule has 0 saturated carbocycles. The van der Waals surface area contributed by atoms with Gasteiger partial charge >= 0.3 is 0 Å². The maximum atomic E-state index is 5.50. The molecule has 0 aromatic heterocycles. The van der Waals surface area contributed by atoms with Crippen molar-refractivity contribution >= 4 is 0 Å². The second-order valence-electron chi connectivity index (χ2n) is 4.22. The summed E-state index contributed by atoms with van der Waals surface area (Å²) in [6.45, 7) is 5.54. The minimum absolute atomic E-state index is 0.741. The van der Waals surface area contributed by atoms with Gasteiger partial charge in [-0.15, -0.1) is 0 Å². The van der Waals surface area contributed by atoms with Crippen LogP contribution in [0.25, 0.3) is 0 Å². The first kappa shape index (κ1) is 8.52. The summed E-state index contributed by atoms with van der Waals surface area (Å²) in [6, 6.07) is 0.741. The van der Waals surface area contributed by atoms with E-state index in [-0.39, 0.29) is 0 Å². The highest BCUT2D eigenvalue weighted by molar-refractivity contribution is 4.87. The lowest BCUT2D eigenvalue weighted by molar-refractivity contribution is 0.0365. The number of rotatable bonds is 1. The molecule has 2 fully saturated rings. The third kappa shape index (κ3) is 1.64. The van der Waals surface area contributed by atoms with Crippen molar-refractivity contribution in [2.45, 2.75) is 32.2 Å². The van der Waals surface area contributed by atoms with E-state index in [0.717, 1.165) is 31.1 Å². The summed E-state index contributed by atoms with van der Waals surface area (Å²) >= 11 is 0. The van der Waals surface area contributed by atoms with E-state index in [1.807, 2.05) is 0 Å². The van der Waals surface area contributed by atoms with Gasteiger partial charge in [-0.05, 0) is 37.6 Å². The fourth-order valence-electron chi connectivity index (χ4n) is 2.54.